The zero-order valence-corrected chi connectivity index (χ0v) is 11.0. The molecule has 19 heavy (non-hydrogen) atoms. The molecular weight excluding hydrogens is 248 g/mol. The Morgan fingerprint density at radius 1 is 1.16 bits per heavy atom. The molecule has 0 aromatic carbocycles. The summed E-state index contributed by atoms with van der Waals surface area (Å²) in [7, 11) is 0. The predicted molar refractivity (Wildman–Crippen MR) is 68.7 cm³/mol. The second kappa shape index (κ2) is 6.23. The summed E-state index contributed by atoms with van der Waals surface area (Å²) in [4.78, 5) is 24.6. The van der Waals surface area contributed by atoms with Gasteiger partial charge in [0, 0.05) is 19.1 Å². The van der Waals surface area contributed by atoms with E-state index in [2.05, 4.69) is 5.32 Å². The number of aliphatic hydroxyl groups excluding tert-OH is 1. The fourth-order valence-electron chi connectivity index (χ4n) is 2.95. The molecule has 1 saturated carbocycles. The van der Waals surface area contributed by atoms with Gasteiger partial charge in [-0.2, -0.15) is 0 Å². The number of β-amino-alcohol motifs (C(OH)–C–C–N with tert-alkyl or cyclic N) is 1. The molecule has 2 amide bonds. The van der Waals surface area contributed by atoms with Gasteiger partial charge in [-0.3, -0.25) is 4.79 Å². The van der Waals surface area contributed by atoms with Crippen molar-refractivity contribution in [1.82, 2.24) is 10.2 Å². The average Bonchev–Trinajstić information content (AvgIpc) is 2.39. The van der Waals surface area contributed by atoms with Crippen LogP contribution in [0.2, 0.25) is 0 Å². The number of carboxylic acids is 1. The van der Waals surface area contributed by atoms with E-state index < -0.39 is 12.1 Å². The Hall–Kier alpha value is -1.30. The topological polar surface area (TPSA) is 89.9 Å². The molecule has 0 aromatic rings. The molecular formula is C13H22N2O4. The van der Waals surface area contributed by atoms with E-state index in [9.17, 15) is 14.7 Å². The molecule has 108 valence electrons. The molecule has 3 atom stereocenters. The number of nitrogens with one attached hydrogen (secondary N) is 1. The number of carboxylic acid groups (broad SMARTS) is 1. The molecule has 2 fully saturated rings. The molecule has 1 saturated heterocycles. The van der Waals surface area contributed by atoms with Crippen LogP contribution in [0.1, 0.15) is 38.5 Å². The Bertz CT molecular complexity index is 348. The SMILES string of the molecule is O=C(O)C1CCCC(NC(=O)N2CCCC(O)C2)C1. The summed E-state index contributed by atoms with van der Waals surface area (Å²) in [5, 5.41) is 21.5. The van der Waals surface area contributed by atoms with E-state index in [1.807, 2.05) is 0 Å². The number of piperidine rings is 1. The number of likely N-dealkylation sites (tertiary alicyclic amines) is 1. The number of nitrogens with zero attached hydrogens (tertiary/aromatic N) is 1. The van der Waals surface area contributed by atoms with Crippen molar-refractivity contribution in [2.75, 3.05) is 13.1 Å². The quantitative estimate of drug-likeness (QED) is 0.692. The molecule has 1 aliphatic heterocycles. The Balaban J connectivity index is 1.82. The van der Waals surface area contributed by atoms with Crippen LogP contribution in [-0.4, -0.2) is 52.3 Å². The molecule has 2 aliphatic rings. The Kier molecular flexibility index (Phi) is 4.63. The molecule has 6 nitrogen and oxygen atoms in total. The lowest BCUT2D eigenvalue weighted by molar-refractivity contribution is -0.143. The van der Waals surface area contributed by atoms with Crippen LogP contribution in [0.4, 0.5) is 4.79 Å². The van der Waals surface area contributed by atoms with Crippen molar-refractivity contribution < 1.29 is 19.8 Å². The summed E-state index contributed by atoms with van der Waals surface area (Å²) in [6, 6.07) is -0.226. The first-order valence-electron chi connectivity index (χ1n) is 7.02. The first-order valence-corrected chi connectivity index (χ1v) is 7.02. The van der Waals surface area contributed by atoms with Gasteiger partial charge in [0.15, 0.2) is 0 Å². The lowest BCUT2D eigenvalue weighted by atomic mass is 9.86. The molecule has 1 heterocycles. The highest BCUT2D eigenvalue weighted by Crippen LogP contribution is 2.24. The van der Waals surface area contributed by atoms with Crippen LogP contribution in [0, 0.1) is 5.92 Å². The molecule has 3 unspecified atom stereocenters. The number of hydrogen-bond acceptors (Lipinski definition) is 3. The van der Waals surface area contributed by atoms with E-state index in [1.165, 1.54) is 0 Å². The molecule has 3 N–H and O–H groups in total. The van der Waals surface area contributed by atoms with Gasteiger partial charge in [0.25, 0.3) is 0 Å². The van der Waals surface area contributed by atoms with Crippen molar-refractivity contribution in [1.29, 1.82) is 0 Å². The summed E-state index contributed by atoms with van der Waals surface area (Å²) in [6.07, 6.45) is 4.02. The number of aliphatic carboxylic acids is 1. The number of carbonyl (C=O) groups is 2. The van der Waals surface area contributed by atoms with Crippen LogP contribution in [0.15, 0.2) is 0 Å². The third-order valence-electron chi connectivity index (χ3n) is 4.03. The zero-order chi connectivity index (χ0) is 13.8. The minimum absolute atomic E-state index is 0.0542. The lowest BCUT2D eigenvalue weighted by Crippen LogP contribution is -2.51. The second-order valence-corrected chi connectivity index (χ2v) is 5.59. The zero-order valence-electron chi connectivity index (χ0n) is 11.0. The number of hydrogen-bond donors (Lipinski definition) is 3. The van der Waals surface area contributed by atoms with E-state index in [0.717, 1.165) is 25.7 Å². The third-order valence-corrected chi connectivity index (χ3v) is 4.03. The summed E-state index contributed by atoms with van der Waals surface area (Å²) in [5.74, 6) is -1.11. The van der Waals surface area contributed by atoms with Gasteiger partial charge in [-0.25, -0.2) is 4.79 Å². The minimum atomic E-state index is -0.771. The van der Waals surface area contributed by atoms with Crippen LogP contribution in [-0.2, 0) is 4.79 Å². The maximum Gasteiger partial charge on any atom is 0.317 e. The summed E-state index contributed by atoms with van der Waals surface area (Å²) >= 11 is 0. The van der Waals surface area contributed by atoms with Crippen LogP contribution >= 0.6 is 0 Å². The highest BCUT2D eigenvalue weighted by atomic mass is 16.4. The third kappa shape index (κ3) is 3.83. The first-order chi connectivity index (χ1) is 9.06. The van der Waals surface area contributed by atoms with E-state index >= 15 is 0 Å². The minimum Gasteiger partial charge on any atom is -0.481 e. The second-order valence-electron chi connectivity index (χ2n) is 5.59. The molecule has 2 rings (SSSR count). The summed E-state index contributed by atoms with van der Waals surface area (Å²) in [5.41, 5.74) is 0. The fraction of sp³-hybridized carbons (Fsp3) is 0.846. The maximum absolute atomic E-state index is 12.0. The van der Waals surface area contributed by atoms with Crippen LogP contribution in [0.3, 0.4) is 0 Å². The Morgan fingerprint density at radius 2 is 1.95 bits per heavy atom. The van der Waals surface area contributed by atoms with Crippen molar-refractivity contribution in [3.8, 4) is 0 Å². The van der Waals surface area contributed by atoms with Crippen molar-refractivity contribution in [3.63, 3.8) is 0 Å². The van der Waals surface area contributed by atoms with Crippen LogP contribution in [0.25, 0.3) is 0 Å². The molecule has 0 spiro atoms. The lowest BCUT2D eigenvalue weighted by Gasteiger charge is -2.33. The molecule has 6 heteroatoms. The molecule has 0 aromatic heterocycles. The van der Waals surface area contributed by atoms with Crippen molar-refractivity contribution >= 4 is 12.0 Å². The molecule has 0 radical (unpaired) electrons. The van der Waals surface area contributed by atoms with Gasteiger partial charge in [0.1, 0.15) is 0 Å². The van der Waals surface area contributed by atoms with Crippen LogP contribution in [0.5, 0.6) is 0 Å². The number of aliphatic hydroxyl groups is 1. The Morgan fingerprint density at radius 3 is 2.63 bits per heavy atom. The fourth-order valence-corrected chi connectivity index (χ4v) is 2.95. The highest BCUT2D eigenvalue weighted by molar-refractivity contribution is 5.75. The van der Waals surface area contributed by atoms with Crippen molar-refractivity contribution in [2.24, 2.45) is 5.92 Å². The smallest absolute Gasteiger partial charge is 0.317 e. The molecule has 0 bridgehead atoms. The normalized spacial score (nSPS) is 31.8. The van der Waals surface area contributed by atoms with Crippen molar-refractivity contribution in [3.05, 3.63) is 0 Å². The maximum atomic E-state index is 12.0. The van der Waals surface area contributed by atoms with E-state index in [0.29, 0.717) is 25.9 Å². The first kappa shape index (κ1) is 14.1. The largest absolute Gasteiger partial charge is 0.481 e. The van der Waals surface area contributed by atoms with Gasteiger partial charge in [-0.1, -0.05) is 6.42 Å². The standard InChI is InChI=1S/C13H22N2O4/c16-11-5-2-6-15(8-11)13(19)14-10-4-1-3-9(7-10)12(17)18/h9-11,16H,1-8H2,(H,14,19)(H,17,18). The van der Waals surface area contributed by atoms with E-state index in [-0.39, 0.29) is 18.0 Å². The van der Waals surface area contributed by atoms with Gasteiger partial charge in [0.05, 0.1) is 12.0 Å². The number of carbonyl (C=O) groups excluding carboxylic acids is 1. The van der Waals surface area contributed by atoms with Gasteiger partial charge in [-0.05, 0) is 32.1 Å². The summed E-state index contributed by atoms with van der Waals surface area (Å²) in [6.45, 7) is 1.04. The summed E-state index contributed by atoms with van der Waals surface area (Å²) < 4.78 is 0. The number of amides is 2. The number of urea groups is 1. The van der Waals surface area contributed by atoms with E-state index in [4.69, 9.17) is 5.11 Å². The van der Waals surface area contributed by atoms with Gasteiger partial charge >= 0.3 is 12.0 Å². The Labute approximate surface area is 112 Å². The van der Waals surface area contributed by atoms with Gasteiger partial charge in [-0.15, -0.1) is 0 Å². The molecule has 1 aliphatic carbocycles. The monoisotopic (exact) mass is 270 g/mol. The van der Waals surface area contributed by atoms with E-state index in [1.54, 1.807) is 4.90 Å². The van der Waals surface area contributed by atoms with Gasteiger partial charge in [0.2, 0.25) is 0 Å². The van der Waals surface area contributed by atoms with Gasteiger partial charge < -0.3 is 20.4 Å². The number of rotatable bonds is 2. The average molecular weight is 270 g/mol. The van der Waals surface area contributed by atoms with Crippen molar-refractivity contribution in [2.45, 2.75) is 50.7 Å². The predicted octanol–water partition coefficient (Wildman–Crippen LogP) is 0.796. The highest BCUT2D eigenvalue weighted by Gasteiger charge is 2.29. The van der Waals surface area contributed by atoms with Crippen LogP contribution < -0.4 is 5.32 Å².